The first-order chi connectivity index (χ1) is 18.5. The van der Waals surface area contributed by atoms with Gasteiger partial charge in [0.2, 0.25) is 0 Å². The van der Waals surface area contributed by atoms with E-state index in [1.165, 1.54) is 0 Å². The van der Waals surface area contributed by atoms with Gasteiger partial charge in [0.15, 0.2) is 0 Å². The van der Waals surface area contributed by atoms with E-state index >= 15 is 0 Å². The first kappa shape index (κ1) is 25.6. The zero-order valence-electron chi connectivity index (χ0n) is 21.9. The lowest BCUT2D eigenvalue weighted by molar-refractivity contribution is -0.140. The molecule has 2 atom stereocenters. The number of carbonyl (C=O) groups is 2. The SMILES string of the molecule is CCCCCOc1ccc([C@@H]2C(=C(O)c3ccc4c(c3)C[C@@H](C)O4)C(=O)C(=O)N2Cc2ccccc2)cc1. The van der Waals surface area contributed by atoms with E-state index in [1.807, 2.05) is 73.7 Å². The van der Waals surface area contributed by atoms with Crippen LogP contribution in [0.2, 0.25) is 0 Å². The van der Waals surface area contributed by atoms with Crippen molar-refractivity contribution in [3.05, 3.63) is 101 Å². The highest BCUT2D eigenvalue weighted by molar-refractivity contribution is 6.46. The minimum Gasteiger partial charge on any atom is -0.507 e. The van der Waals surface area contributed by atoms with Gasteiger partial charge in [-0.2, -0.15) is 0 Å². The van der Waals surface area contributed by atoms with Gasteiger partial charge in [-0.3, -0.25) is 9.59 Å². The van der Waals surface area contributed by atoms with Crippen LogP contribution in [-0.2, 0) is 22.6 Å². The second kappa shape index (κ2) is 11.1. The highest BCUT2D eigenvalue weighted by Gasteiger charge is 2.46. The quantitative estimate of drug-likeness (QED) is 0.160. The summed E-state index contributed by atoms with van der Waals surface area (Å²) in [7, 11) is 0. The number of ketones is 1. The molecule has 0 spiro atoms. The topological polar surface area (TPSA) is 76.1 Å². The van der Waals surface area contributed by atoms with E-state index in [2.05, 4.69) is 6.92 Å². The van der Waals surface area contributed by atoms with Crippen LogP contribution in [0.1, 0.15) is 61.4 Å². The standard InChI is InChI=1S/C32H33NO5/c1-3-4-8-17-37-26-14-11-23(12-15-26)29-28(30(34)24-13-16-27-25(19-24)18-21(2)38-27)31(35)32(36)33(29)20-22-9-6-5-7-10-22/h5-7,9-16,19,21,29,34H,3-4,8,17-18,20H2,1-2H3/t21-,29-/m1/s1. The zero-order chi connectivity index (χ0) is 26.6. The molecule has 0 aromatic heterocycles. The second-order valence-corrected chi connectivity index (χ2v) is 9.99. The molecule has 1 fully saturated rings. The van der Waals surface area contributed by atoms with Crippen molar-refractivity contribution in [2.24, 2.45) is 0 Å². The molecule has 0 aliphatic carbocycles. The Labute approximate surface area is 223 Å². The average Bonchev–Trinajstić information content (AvgIpc) is 3.43. The monoisotopic (exact) mass is 511 g/mol. The number of nitrogens with zero attached hydrogens (tertiary/aromatic N) is 1. The summed E-state index contributed by atoms with van der Waals surface area (Å²) in [5, 5.41) is 11.5. The maximum atomic E-state index is 13.4. The lowest BCUT2D eigenvalue weighted by Gasteiger charge is -2.25. The lowest BCUT2D eigenvalue weighted by atomic mass is 9.94. The molecular weight excluding hydrogens is 478 g/mol. The predicted molar refractivity (Wildman–Crippen MR) is 146 cm³/mol. The van der Waals surface area contributed by atoms with Crippen LogP contribution in [0.15, 0.2) is 78.4 Å². The molecule has 2 aliphatic rings. The van der Waals surface area contributed by atoms with Crippen molar-refractivity contribution in [2.45, 2.75) is 58.2 Å². The Balaban J connectivity index is 1.52. The van der Waals surface area contributed by atoms with Crippen LogP contribution in [0.4, 0.5) is 0 Å². The van der Waals surface area contributed by atoms with Crippen LogP contribution in [0, 0.1) is 0 Å². The Morgan fingerprint density at radius 2 is 1.79 bits per heavy atom. The highest BCUT2D eigenvalue weighted by Crippen LogP contribution is 2.41. The van der Waals surface area contributed by atoms with Gasteiger partial charge >= 0.3 is 0 Å². The summed E-state index contributed by atoms with van der Waals surface area (Å²) in [6.45, 7) is 5.03. The molecule has 0 bridgehead atoms. The smallest absolute Gasteiger partial charge is 0.295 e. The molecule has 1 N–H and O–H groups in total. The minimum absolute atomic E-state index is 0.0570. The number of likely N-dealkylation sites (tertiary alicyclic amines) is 1. The van der Waals surface area contributed by atoms with Gasteiger partial charge in [0.1, 0.15) is 23.4 Å². The number of ether oxygens (including phenoxy) is 2. The Morgan fingerprint density at radius 1 is 1.03 bits per heavy atom. The van der Waals surface area contributed by atoms with E-state index in [0.717, 1.165) is 53.9 Å². The van der Waals surface area contributed by atoms with E-state index in [9.17, 15) is 14.7 Å². The van der Waals surface area contributed by atoms with Crippen LogP contribution in [-0.4, -0.2) is 34.4 Å². The zero-order valence-corrected chi connectivity index (χ0v) is 21.9. The number of carbonyl (C=O) groups excluding carboxylic acids is 2. The van der Waals surface area contributed by atoms with E-state index in [4.69, 9.17) is 9.47 Å². The Bertz CT molecular complexity index is 1350. The molecule has 6 nitrogen and oxygen atoms in total. The number of unbranched alkanes of at least 4 members (excludes halogenated alkanes) is 2. The van der Waals surface area contributed by atoms with E-state index < -0.39 is 17.7 Å². The molecule has 1 saturated heterocycles. The predicted octanol–water partition coefficient (Wildman–Crippen LogP) is 6.20. The number of Topliss-reactive ketones (excluding diaryl/α,β-unsaturated/α-hetero) is 1. The Morgan fingerprint density at radius 3 is 2.53 bits per heavy atom. The molecule has 196 valence electrons. The molecule has 5 rings (SSSR count). The molecule has 2 heterocycles. The maximum absolute atomic E-state index is 13.4. The fourth-order valence-electron chi connectivity index (χ4n) is 5.18. The van der Waals surface area contributed by atoms with Gasteiger partial charge in [0, 0.05) is 18.5 Å². The van der Waals surface area contributed by atoms with Crippen LogP contribution in [0.5, 0.6) is 11.5 Å². The number of hydrogen-bond acceptors (Lipinski definition) is 5. The molecule has 0 saturated carbocycles. The summed E-state index contributed by atoms with van der Waals surface area (Å²) < 4.78 is 11.7. The molecule has 1 amide bonds. The molecule has 38 heavy (non-hydrogen) atoms. The summed E-state index contributed by atoms with van der Waals surface area (Å²) in [5.74, 6) is 0.0280. The number of aliphatic hydroxyl groups is 1. The van der Waals surface area contributed by atoms with Crippen LogP contribution in [0.3, 0.4) is 0 Å². The van der Waals surface area contributed by atoms with Crippen molar-refractivity contribution in [2.75, 3.05) is 6.61 Å². The fraction of sp³-hybridized carbons (Fsp3) is 0.312. The number of rotatable bonds is 9. The van der Waals surface area contributed by atoms with Gasteiger partial charge < -0.3 is 19.5 Å². The number of aliphatic hydroxyl groups excluding tert-OH is 1. The van der Waals surface area contributed by atoms with Crippen molar-refractivity contribution in [1.82, 2.24) is 4.90 Å². The van der Waals surface area contributed by atoms with Gasteiger partial charge in [0.25, 0.3) is 11.7 Å². The lowest BCUT2D eigenvalue weighted by Crippen LogP contribution is -2.29. The van der Waals surface area contributed by atoms with Gasteiger partial charge in [-0.25, -0.2) is 0 Å². The van der Waals surface area contributed by atoms with Crippen LogP contribution < -0.4 is 9.47 Å². The first-order valence-corrected chi connectivity index (χ1v) is 13.3. The largest absolute Gasteiger partial charge is 0.507 e. The van der Waals surface area contributed by atoms with Crippen molar-refractivity contribution in [3.8, 4) is 11.5 Å². The molecule has 0 unspecified atom stereocenters. The van der Waals surface area contributed by atoms with E-state index in [1.54, 1.807) is 11.0 Å². The Hall–Kier alpha value is -4.06. The molecule has 6 heteroatoms. The Kier molecular flexibility index (Phi) is 7.50. The summed E-state index contributed by atoms with van der Waals surface area (Å²) >= 11 is 0. The minimum atomic E-state index is -0.729. The summed E-state index contributed by atoms with van der Waals surface area (Å²) in [5.41, 5.74) is 3.20. The number of amides is 1. The summed E-state index contributed by atoms with van der Waals surface area (Å²) in [6.07, 6.45) is 4.00. The van der Waals surface area contributed by atoms with E-state index in [-0.39, 0.29) is 24.0 Å². The van der Waals surface area contributed by atoms with Crippen molar-refractivity contribution in [1.29, 1.82) is 0 Å². The third kappa shape index (κ3) is 5.17. The van der Waals surface area contributed by atoms with Gasteiger partial charge in [0.05, 0.1) is 18.2 Å². The van der Waals surface area contributed by atoms with Gasteiger partial charge in [-0.15, -0.1) is 0 Å². The maximum Gasteiger partial charge on any atom is 0.295 e. The molecule has 0 radical (unpaired) electrons. The molecule has 3 aromatic carbocycles. The second-order valence-electron chi connectivity index (χ2n) is 9.99. The van der Waals surface area contributed by atoms with Crippen molar-refractivity contribution >= 4 is 17.4 Å². The van der Waals surface area contributed by atoms with Crippen LogP contribution >= 0.6 is 0 Å². The van der Waals surface area contributed by atoms with Gasteiger partial charge in [-0.05, 0) is 60.4 Å². The number of fused-ring (bicyclic) bond motifs is 1. The highest BCUT2D eigenvalue weighted by atomic mass is 16.5. The molecule has 3 aromatic rings. The fourth-order valence-corrected chi connectivity index (χ4v) is 5.18. The first-order valence-electron chi connectivity index (χ1n) is 13.3. The average molecular weight is 512 g/mol. The normalized spacial score (nSPS) is 19.9. The number of hydrogen-bond donors (Lipinski definition) is 1. The third-order valence-electron chi connectivity index (χ3n) is 7.12. The van der Waals surface area contributed by atoms with Crippen LogP contribution in [0.25, 0.3) is 5.76 Å². The van der Waals surface area contributed by atoms with E-state index in [0.29, 0.717) is 12.2 Å². The van der Waals surface area contributed by atoms with Crippen molar-refractivity contribution in [3.63, 3.8) is 0 Å². The molecular formula is C32H33NO5. The van der Waals surface area contributed by atoms with Gasteiger partial charge in [-0.1, -0.05) is 62.2 Å². The molecule has 2 aliphatic heterocycles. The number of benzene rings is 3. The van der Waals surface area contributed by atoms with Crippen molar-refractivity contribution < 1.29 is 24.2 Å². The summed E-state index contributed by atoms with van der Waals surface area (Å²) in [4.78, 5) is 28.3. The summed E-state index contributed by atoms with van der Waals surface area (Å²) in [6, 6.07) is 21.7. The third-order valence-corrected chi connectivity index (χ3v) is 7.12.